The summed E-state index contributed by atoms with van der Waals surface area (Å²) in [5, 5.41) is 12.3. The van der Waals surface area contributed by atoms with Crippen molar-refractivity contribution in [3.63, 3.8) is 0 Å². The van der Waals surface area contributed by atoms with Gasteiger partial charge in [0.05, 0.1) is 25.2 Å². The van der Waals surface area contributed by atoms with E-state index in [0.717, 1.165) is 0 Å². The van der Waals surface area contributed by atoms with Crippen LogP contribution < -0.4 is 10.8 Å². The zero-order valence-corrected chi connectivity index (χ0v) is 16.4. The van der Waals surface area contributed by atoms with Crippen LogP contribution in [0.5, 0.6) is 0 Å². The van der Waals surface area contributed by atoms with Gasteiger partial charge in [-0.3, -0.25) is 14.8 Å². The van der Waals surface area contributed by atoms with Crippen LogP contribution in [0.15, 0.2) is 24.3 Å². The molecule has 2 amide bonds. The highest BCUT2D eigenvalue weighted by molar-refractivity contribution is 6.30. The number of amides is 2. The van der Waals surface area contributed by atoms with Gasteiger partial charge < -0.3 is 19.5 Å². The highest BCUT2D eigenvalue weighted by Crippen LogP contribution is 2.12. The third kappa shape index (κ3) is 9.17. The van der Waals surface area contributed by atoms with E-state index in [2.05, 4.69) is 11.2 Å². The summed E-state index contributed by atoms with van der Waals surface area (Å²) < 4.78 is 15.7. The Hall–Kier alpha value is -2.15. The molecule has 2 atom stereocenters. The molecule has 0 aliphatic carbocycles. The molecule has 0 bridgehead atoms. The molecule has 0 aliphatic rings. The molecule has 0 unspecified atom stereocenters. The number of hydrogen-bond acceptors (Lipinski definition) is 6. The van der Waals surface area contributed by atoms with Gasteiger partial charge in [-0.05, 0) is 37.6 Å². The Morgan fingerprint density at radius 2 is 1.93 bits per heavy atom. The van der Waals surface area contributed by atoms with Crippen molar-refractivity contribution in [1.29, 1.82) is 0 Å². The molecule has 1 aromatic rings. The van der Waals surface area contributed by atoms with E-state index in [9.17, 15) is 9.59 Å². The average Bonchev–Trinajstić information content (AvgIpc) is 2.70. The van der Waals surface area contributed by atoms with Crippen LogP contribution in [0, 0.1) is 18.3 Å². The van der Waals surface area contributed by atoms with Crippen molar-refractivity contribution in [2.24, 2.45) is 5.92 Å². The number of carbonyl (C=O) groups excluding carboxylic acids is 2. The maximum Gasteiger partial charge on any atom is 0.251 e. The van der Waals surface area contributed by atoms with Gasteiger partial charge in [-0.2, -0.15) is 0 Å². The fraction of sp³-hybridized carbons (Fsp3) is 0.474. The van der Waals surface area contributed by atoms with Crippen LogP contribution in [0.2, 0.25) is 5.02 Å². The van der Waals surface area contributed by atoms with Crippen molar-refractivity contribution in [1.82, 2.24) is 10.8 Å². The first-order chi connectivity index (χ1) is 13.5. The number of carbonyl (C=O) groups is 2. The molecule has 0 saturated carbocycles. The number of benzene rings is 1. The van der Waals surface area contributed by atoms with E-state index < -0.39 is 17.9 Å². The maximum absolute atomic E-state index is 12.5. The molecule has 1 aromatic carbocycles. The molecule has 0 saturated heterocycles. The van der Waals surface area contributed by atoms with E-state index in [1.807, 2.05) is 6.92 Å². The van der Waals surface area contributed by atoms with Crippen LogP contribution in [-0.4, -0.2) is 56.3 Å². The molecule has 0 radical (unpaired) electrons. The summed E-state index contributed by atoms with van der Waals surface area (Å²) in [5.41, 5.74) is 2.01. The van der Waals surface area contributed by atoms with Crippen LogP contribution in [0.3, 0.4) is 0 Å². The molecule has 3 N–H and O–H groups in total. The first-order valence-electron chi connectivity index (χ1n) is 8.68. The van der Waals surface area contributed by atoms with Crippen molar-refractivity contribution in [3.8, 4) is 12.3 Å². The Labute approximate surface area is 169 Å². The normalized spacial score (nSPS) is 12.6. The summed E-state index contributed by atoms with van der Waals surface area (Å²) in [7, 11) is 0. The van der Waals surface area contributed by atoms with E-state index in [4.69, 9.17) is 37.4 Å². The molecule has 0 aliphatic heterocycles. The highest BCUT2D eigenvalue weighted by Gasteiger charge is 2.25. The lowest BCUT2D eigenvalue weighted by Gasteiger charge is -2.23. The van der Waals surface area contributed by atoms with E-state index in [1.165, 1.54) is 0 Å². The third-order valence-electron chi connectivity index (χ3n) is 3.69. The first-order valence-corrected chi connectivity index (χ1v) is 9.06. The predicted molar refractivity (Wildman–Crippen MR) is 103 cm³/mol. The van der Waals surface area contributed by atoms with Gasteiger partial charge >= 0.3 is 0 Å². The van der Waals surface area contributed by atoms with E-state index in [-0.39, 0.29) is 38.9 Å². The van der Waals surface area contributed by atoms with Gasteiger partial charge in [0, 0.05) is 17.2 Å². The molecular weight excluding hydrogens is 388 g/mol. The smallest absolute Gasteiger partial charge is 0.251 e. The second-order valence-corrected chi connectivity index (χ2v) is 6.22. The molecule has 9 heteroatoms. The average molecular weight is 413 g/mol. The summed E-state index contributed by atoms with van der Waals surface area (Å²) >= 11 is 5.84. The second kappa shape index (κ2) is 13.9. The molecule has 154 valence electrons. The third-order valence-corrected chi connectivity index (χ3v) is 3.94. The number of rotatable bonds is 13. The van der Waals surface area contributed by atoms with Gasteiger partial charge in [-0.1, -0.05) is 17.5 Å². The fourth-order valence-corrected chi connectivity index (χ4v) is 2.44. The first kappa shape index (κ1) is 23.9. The van der Waals surface area contributed by atoms with Crippen LogP contribution in [0.25, 0.3) is 0 Å². The Bertz CT molecular complexity index is 647. The van der Waals surface area contributed by atoms with Gasteiger partial charge in [-0.15, -0.1) is 6.42 Å². The zero-order valence-electron chi connectivity index (χ0n) is 15.7. The van der Waals surface area contributed by atoms with Crippen LogP contribution in [0.4, 0.5) is 0 Å². The number of terminal acetylenes is 1. The van der Waals surface area contributed by atoms with Crippen LogP contribution >= 0.6 is 11.6 Å². The topological polar surface area (TPSA) is 106 Å². The lowest BCUT2D eigenvalue weighted by molar-refractivity contribution is -0.136. The van der Waals surface area contributed by atoms with Gasteiger partial charge in [0.25, 0.3) is 5.91 Å². The van der Waals surface area contributed by atoms with E-state index >= 15 is 0 Å². The SMILES string of the molecule is C#CCOC[C@@H](C[C@@H](COCOCC)NC(=O)c1ccc(Cl)cc1)C(=O)NO. The van der Waals surface area contributed by atoms with E-state index in [0.29, 0.717) is 17.2 Å². The number of hydrogen-bond donors (Lipinski definition) is 3. The maximum atomic E-state index is 12.5. The standard InChI is InChI=1S/C19H25ClN2O6/c1-3-9-27-11-15(19(24)22-25)10-17(12-28-13-26-4-2)21-18(23)14-5-7-16(20)8-6-14/h1,5-8,15,17,25H,4,9-13H2,2H3,(H,21,23)(H,22,24)/t15-,17+/m1/s1. The van der Waals surface area contributed by atoms with Gasteiger partial charge in [-0.25, -0.2) is 5.48 Å². The summed E-state index contributed by atoms with van der Waals surface area (Å²) in [4.78, 5) is 24.4. The Morgan fingerprint density at radius 1 is 1.21 bits per heavy atom. The molecule has 28 heavy (non-hydrogen) atoms. The van der Waals surface area contributed by atoms with E-state index in [1.54, 1.807) is 29.7 Å². The quantitative estimate of drug-likeness (QED) is 0.149. The van der Waals surface area contributed by atoms with Gasteiger partial charge in [0.2, 0.25) is 5.91 Å². The van der Waals surface area contributed by atoms with Crippen LogP contribution in [0.1, 0.15) is 23.7 Å². The summed E-state index contributed by atoms with van der Waals surface area (Å²) in [5.74, 6) is 0.558. The molecule has 0 heterocycles. The van der Waals surface area contributed by atoms with Crippen molar-refractivity contribution in [2.45, 2.75) is 19.4 Å². The Morgan fingerprint density at radius 3 is 2.54 bits per heavy atom. The van der Waals surface area contributed by atoms with Crippen molar-refractivity contribution < 1.29 is 29.0 Å². The lowest BCUT2D eigenvalue weighted by atomic mass is 9.99. The Kier molecular flexibility index (Phi) is 11.9. The number of hydroxylamine groups is 1. The lowest BCUT2D eigenvalue weighted by Crippen LogP contribution is -2.43. The largest absolute Gasteiger partial charge is 0.368 e. The Balaban J connectivity index is 2.79. The molecular formula is C19H25ClN2O6. The molecule has 1 rings (SSSR count). The fourth-order valence-electron chi connectivity index (χ4n) is 2.32. The minimum atomic E-state index is -0.746. The number of halogens is 1. The molecule has 8 nitrogen and oxygen atoms in total. The molecule has 0 aromatic heterocycles. The molecule has 0 fully saturated rings. The van der Waals surface area contributed by atoms with Gasteiger partial charge in [0.15, 0.2) is 0 Å². The summed E-state index contributed by atoms with van der Waals surface area (Å²) in [6, 6.07) is 5.84. The number of nitrogens with one attached hydrogen (secondary N) is 2. The van der Waals surface area contributed by atoms with Crippen molar-refractivity contribution in [2.75, 3.05) is 33.2 Å². The molecule has 0 spiro atoms. The predicted octanol–water partition coefficient (Wildman–Crippen LogP) is 1.61. The highest BCUT2D eigenvalue weighted by atomic mass is 35.5. The van der Waals surface area contributed by atoms with Crippen molar-refractivity contribution >= 4 is 23.4 Å². The zero-order chi connectivity index (χ0) is 20.8. The summed E-state index contributed by atoms with van der Waals surface area (Å²) in [6.45, 7) is 2.47. The second-order valence-electron chi connectivity index (χ2n) is 5.79. The monoisotopic (exact) mass is 412 g/mol. The summed E-state index contributed by atoms with van der Waals surface area (Å²) in [6.07, 6.45) is 5.29. The van der Waals surface area contributed by atoms with Crippen LogP contribution in [-0.2, 0) is 19.0 Å². The van der Waals surface area contributed by atoms with Crippen molar-refractivity contribution in [3.05, 3.63) is 34.9 Å². The number of ether oxygens (including phenoxy) is 3. The minimum absolute atomic E-state index is 0.0185. The minimum Gasteiger partial charge on any atom is -0.368 e. The van der Waals surface area contributed by atoms with Gasteiger partial charge in [0.1, 0.15) is 13.4 Å².